The molecule has 0 aromatic rings. The molecule has 0 aromatic heterocycles. The molecule has 2 rings (SSSR count). The van der Waals surface area contributed by atoms with E-state index in [1.807, 2.05) is 4.90 Å². The average molecular weight is 252 g/mol. The van der Waals surface area contributed by atoms with Crippen molar-refractivity contribution in [3.63, 3.8) is 0 Å². The van der Waals surface area contributed by atoms with Gasteiger partial charge in [-0.05, 0) is 42.9 Å². The smallest absolute Gasteiger partial charge is 0.317 e. The molecule has 1 N–H and O–H groups in total. The van der Waals surface area contributed by atoms with Crippen LogP contribution in [0.3, 0.4) is 0 Å². The Morgan fingerprint density at radius 2 is 1.89 bits per heavy atom. The van der Waals surface area contributed by atoms with Crippen LogP contribution in [0.2, 0.25) is 0 Å². The fourth-order valence-electron chi connectivity index (χ4n) is 3.58. The van der Waals surface area contributed by atoms with Crippen LogP contribution in [0, 0.1) is 17.3 Å². The van der Waals surface area contributed by atoms with Gasteiger partial charge in [0, 0.05) is 19.6 Å². The molecule has 0 unspecified atom stereocenters. The summed E-state index contributed by atoms with van der Waals surface area (Å²) in [5.74, 6) is 1.51. The minimum absolute atomic E-state index is 0.158. The quantitative estimate of drug-likeness (QED) is 0.821. The summed E-state index contributed by atoms with van der Waals surface area (Å²) >= 11 is 0. The summed E-state index contributed by atoms with van der Waals surface area (Å²) in [5, 5.41) is 3.14. The highest BCUT2D eigenvalue weighted by Gasteiger charge is 2.46. The van der Waals surface area contributed by atoms with Gasteiger partial charge < -0.3 is 10.2 Å². The van der Waals surface area contributed by atoms with Crippen LogP contribution < -0.4 is 5.32 Å². The first-order valence-electron chi connectivity index (χ1n) is 7.58. The number of hydrogen-bond donors (Lipinski definition) is 1. The standard InChI is InChI=1S/C15H28N2O/c1-4-12-10-13(15(12,2)3)11-16-14(18)17-8-6-5-7-9-17/h12-13H,4-11H2,1-3H3,(H,16,18)/t12-,13+/m0/s1. The van der Waals surface area contributed by atoms with E-state index in [1.54, 1.807) is 0 Å². The van der Waals surface area contributed by atoms with Gasteiger partial charge in [-0.25, -0.2) is 4.79 Å². The molecular formula is C15H28N2O. The average Bonchev–Trinajstić information content (AvgIpc) is 2.38. The Kier molecular flexibility index (Phi) is 4.18. The molecule has 1 saturated heterocycles. The van der Waals surface area contributed by atoms with Crippen molar-refractivity contribution in [3.8, 4) is 0 Å². The Labute approximate surface area is 111 Å². The zero-order valence-corrected chi connectivity index (χ0v) is 12.2. The molecule has 1 aliphatic heterocycles. The number of piperidine rings is 1. The number of carbonyl (C=O) groups excluding carboxylic acids is 1. The summed E-state index contributed by atoms with van der Waals surface area (Å²) in [5.41, 5.74) is 0.407. The third-order valence-corrected chi connectivity index (χ3v) is 5.31. The molecular weight excluding hydrogens is 224 g/mol. The number of urea groups is 1. The molecule has 2 aliphatic rings. The van der Waals surface area contributed by atoms with E-state index in [9.17, 15) is 4.79 Å². The summed E-state index contributed by atoms with van der Waals surface area (Å²) in [4.78, 5) is 14.0. The number of nitrogens with zero attached hydrogens (tertiary/aromatic N) is 1. The van der Waals surface area contributed by atoms with Crippen LogP contribution in [0.4, 0.5) is 4.79 Å². The van der Waals surface area contributed by atoms with Crippen molar-refractivity contribution in [1.29, 1.82) is 0 Å². The number of hydrogen-bond acceptors (Lipinski definition) is 1. The third kappa shape index (κ3) is 2.65. The lowest BCUT2D eigenvalue weighted by atomic mass is 9.54. The number of likely N-dealkylation sites (tertiary alicyclic amines) is 1. The molecule has 104 valence electrons. The largest absolute Gasteiger partial charge is 0.338 e. The van der Waals surface area contributed by atoms with Crippen LogP contribution in [0.5, 0.6) is 0 Å². The molecule has 0 bridgehead atoms. The maximum absolute atomic E-state index is 12.0. The van der Waals surface area contributed by atoms with E-state index in [2.05, 4.69) is 26.1 Å². The lowest BCUT2D eigenvalue weighted by molar-refractivity contribution is -0.0201. The van der Waals surface area contributed by atoms with Gasteiger partial charge in [-0.3, -0.25) is 0 Å². The topological polar surface area (TPSA) is 32.3 Å². The molecule has 1 heterocycles. The maximum atomic E-state index is 12.0. The molecule has 18 heavy (non-hydrogen) atoms. The van der Waals surface area contributed by atoms with E-state index < -0.39 is 0 Å². The zero-order valence-electron chi connectivity index (χ0n) is 12.2. The van der Waals surface area contributed by atoms with Crippen molar-refractivity contribution in [1.82, 2.24) is 10.2 Å². The van der Waals surface area contributed by atoms with Gasteiger partial charge in [0.15, 0.2) is 0 Å². The molecule has 3 heteroatoms. The SMILES string of the molecule is CC[C@H]1C[C@H](CNC(=O)N2CCCCC2)C1(C)C. The zero-order chi connectivity index (χ0) is 13.2. The van der Waals surface area contributed by atoms with Crippen molar-refractivity contribution < 1.29 is 4.79 Å². The van der Waals surface area contributed by atoms with Crippen LogP contribution in [0.1, 0.15) is 52.9 Å². The van der Waals surface area contributed by atoms with Gasteiger partial charge >= 0.3 is 6.03 Å². The molecule has 2 amide bonds. The van der Waals surface area contributed by atoms with E-state index in [0.29, 0.717) is 11.3 Å². The second kappa shape index (κ2) is 5.50. The maximum Gasteiger partial charge on any atom is 0.317 e. The van der Waals surface area contributed by atoms with Crippen molar-refractivity contribution in [2.75, 3.05) is 19.6 Å². The highest BCUT2D eigenvalue weighted by atomic mass is 16.2. The van der Waals surface area contributed by atoms with Gasteiger partial charge in [0.1, 0.15) is 0 Å². The highest BCUT2D eigenvalue weighted by molar-refractivity contribution is 5.74. The van der Waals surface area contributed by atoms with Crippen molar-refractivity contribution >= 4 is 6.03 Å². The minimum Gasteiger partial charge on any atom is -0.338 e. The van der Waals surface area contributed by atoms with Gasteiger partial charge in [-0.1, -0.05) is 27.2 Å². The first-order chi connectivity index (χ1) is 8.55. The number of carbonyl (C=O) groups is 1. The van der Waals surface area contributed by atoms with Crippen LogP contribution >= 0.6 is 0 Å². The predicted molar refractivity (Wildman–Crippen MR) is 74.5 cm³/mol. The highest BCUT2D eigenvalue weighted by Crippen LogP contribution is 2.52. The van der Waals surface area contributed by atoms with Crippen LogP contribution in [-0.4, -0.2) is 30.6 Å². The third-order valence-electron chi connectivity index (χ3n) is 5.31. The van der Waals surface area contributed by atoms with Crippen molar-refractivity contribution in [2.24, 2.45) is 17.3 Å². The number of rotatable bonds is 3. The number of amides is 2. The van der Waals surface area contributed by atoms with Gasteiger partial charge in [-0.2, -0.15) is 0 Å². The summed E-state index contributed by atoms with van der Waals surface area (Å²) in [6.45, 7) is 9.72. The second-order valence-corrected chi connectivity index (χ2v) is 6.59. The molecule has 2 atom stereocenters. The molecule has 2 fully saturated rings. The van der Waals surface area contributed by atoms with Gasteiger partial charge in [-0.15, -0.1) is 0 Å². The molecule has 0 aromatic carbocycles. The van der Waals surface area contributed by atoms with Crippen LogP contribution in [0.15, 0.2) is 0 Å². The van der Waals surface area contributed by atoms with Gasteiger partial charge in [0.05, 0.1) is 0 Å². The monoisotopic (exact) mass is 252 g/mol. The Balaban J connectivity index is 1.73. The summed E-state index contributed by atoms with van der Waals surface area (Å²) in [7, 11) is 0. The summed E-state index contributed by atoms with van der Waals surface area (Å²) < 4.78 is 0. The lowest BCUT2D eigenvalue weighted by Crippen LogP contribution is -2.52. The Bertz CT molecular complexity index is 295. The van der Waals surface area contributed by atoms with E-state index in [4.69, 9.17) is 0 Å². The van der Waals surface area contributed by atoms with Gasteiger partial charge in [0.25, 0.3) is 0 Å². The molecule has 1 aliphatic carbocycles. The second-order valence-electron chi connectivity index (χ2n) is 6.59. The van der Waals surface area contributed by atoms with E-state index in [-0.39, 0.29) is 6.03 Å². The predicted octanol–water partition coefficient (Wildman–Crippen LogP) is 3.25. The fourth-order valence-corrected chi connectivity index (χ4v) is 3.58. The Hall–Kier alpha value is -0.730. The van der Waals surface area contributed by atoms with Crippen molar-refractivity contribution in [2.45, 2.75) is 52.9 Å². The Morgan fingerprint density at radius 1 is 1.22 bits per heavy atom. The normalized spacial score (nSPS) is 30.7. The van der Waals surface area contributed by atoms with Crippen LogP contribution in [-0.2, 0) is 0 Å². The van der Waals surface area contributed by atoms with Crippen molar-refractivity contribution in [3.05, 3.63) is 0 Å². The molecule has 3 nitrogen and oxygen atoms in total. The fraction of sp³-hybridized carbons (Fsp3) is 0.933. The Morgan fingerprint density at radius 3 is 2.44 bits per heavy atom. The number of nitrogens with one attached hydrogen (secondary N) is 1. The molecule has 0 radical (unpaired) electrons. The molecule has 0 spiro atoms. The first-order valence-corrected chi connectivity index (χ1v) is 7.58. The van der Waals surface area contributed by atoms with Gasteiger partial charge in [0.2, 0.25) is 0 Å². The van der Waals surface area contributed by atoms with E-state index in [0.717, 1.165) is 25.6 Å². The van der Waals surface area contributed by atoms with E-state index in [1.165, 1.54) is 32.1 Å². The summed E-state index contributed by atoms with van der Waals surface area (Å²) in [6, 6.07) is 0.158. The van der Waals surface area contributed by atoms with E-state index >= 15 is 0 Å². The molecule has 1 saturated carbocycles. The van der Waals surface area contributed by atoms with Crippen LogP contribution in [0.25, 0.3) is 0 Å². The first kappa shape index (κ1) is 13.7. The minimum atomic E-state index is 0.158. The lowest BCUT2D eigenvalue weighted by Gasteiger charge is -2.52. The summed E-state index contributed by atoms with van der Waals surface area (Å²) in [6.07, 6.45) is 6.16.